The molecule has 2 rings (SSSR count). The molecule has 0 bridgehead atoms. The molecule has 0 amide bonds. The Labute approximate surface area is 107 Å². The van der Waals surface area contributed by atoms with Gasteiger partial charge in [-0.25, -0.2) is 8.78 Å². The van der Waals surface area contributed by atoms with Gasteiger partial charge in [0.05, 0.1) is 0 Å². The Balaban J connectivity index is 2.10. The molecule has 1 heterocycles. The maximum Gasteiger partial charge on any atom is 0.130 e. The second kappa shape index (κ2) is 5.33. The van der Waals surface area contributed by atoms with E-state index in [0.717, 1.165) is 26.1 Å². The fourth-order valence-electron chi connectivity index (χ4n) is 2.42. The van der Waals surface area contributed by atoms with E-state index in [0.29, 0.717) is 6.54 Å². The third kappa shape index (κ3) is 2.87. The minimum Gasteiger partial charge on any atom is -0.309 e. The van der Waals surface area contributed by atoms with Gasteiger partial charge in [0.1, 0.15) is 11.6 Å². The highest BCUT2D eigenvalue weighted by Crippen LogP contribution is 2.20. The molecule has 0 spiro atoms. The van der Waals surface area contributed by atoms with E-state index in [1.807, 2.05) is 0 Å². The van der Waals surface area contributed by atoms with Crippen molar-refractivity contribution in [2.75, 3.05) is 19.6 Å². The Morgan fingerprint density at radius 2 is 2.00 bits per heavy atom. The normalized spacial score (nSPS) is 25.3. The van der Waals surface area contributed by atoms with Gasteiger partial charge in [0, 0.05) is 37.3 Å². The maximum atomic E-state index is 13.6. The molecule has 1 unspecified atom stereocenters. The van der Waals surface area contributed by atoms with Gasteiger partial charge in [0.15, 0.2) is 0 Å². The highest BCUT2D eigenvalue weighted by Gasteiger charge is 2.29. The van der Waals surface area contributed by atoms with Gasteiger partial charge >= 0.3 is 0 Å². The van der Waals surface area contributed by atoms with Crippen molar-refractivity contribution < 1.29 is 8.78 Å². The lowest BCUT2D eigenvalue weighted by molar-refractivity contribution is 0.131. The Bertz CT molecular complexity index is 402. The van der Waals surface area contributed by atoms with Crippen molar-refractivity contribution in [1.82, 2.24) is 10.2 Å². The molecule has 1 atom stereocenters. The summed E-state index contributed by atoms with van der Waals surface area (Å²) in [6, 6.07) is 4.04. The van der Waals surface area contributed by atoms with Crippen LogP contribution in [-0.4, -0.2) is 30.1 Å². The average molecular weight is 254 g/mol. The fraction of sp³-hybridized carbons (Fsp3) is 0.571. The predicted octanol–water partition coefficient (Wildman–Crippen LogP) is 2.54. The van der Waals surface area contributed by atoms with Crippen molar-refractivity contribution >= 4 is 0 Å². The van der Waals surface area contributed by atoms with Crippen LogP contribution in [-0.2, 0) is 6.54 Å². The summed E-state index contributed by atoms with van der Waals surface area (Å²) in [7, 11) is 0. The topological polar surface area (TPSA) is 15.3 Å². The Hall–Kier alpha value is -1.00. The van der Waals surface area contributed by atoms with Gasteiger partial charge < -0.3 is 5.32 Å². The van der Waals surface area contributed by atoms with E-state index >= 15 is 0 Å². The van der Waals surface area contributed by atoms with E-state index in [2.05, 4.69) is 24.1 Å². The van der Waals surface area contributed by atoms with Crippen LogP contribution in [0.25, 0.3) is 0 Å². The standard InChI is InChI=1S/C14H20F2N2/c1-3-14(2)10-18(8-7-17-14)9-11-12(15)5-4-6-13(11)16/h4-6,17H,3,7-10H2,1-2H3. The molecule has 0 radical (unpaired) electrons. The summed E-state index contributed by atoms with van der Waals surface area (Å²) in [6.45, 7) is 7.12. The lowest BCUT2D eigenvalue weighted by atomic mass is 9.95. The lowest BCUT2D eigenvalue weighted by Gasteiger charge is -2.41. The summed E-state index contributed by atoms with van der Waals surface area (Å²) < 4.78 is 27.2. The van der Waals surface area contributed by atoms with Crippen molar-refractivity contribution in [3.8, 4) is 0 Å². The summed E-state index contributed by atoms with van der Waals surface area (Å²) in [6.07, 6.45) is 1.00. The number of halogens is 2. The summed E-state index contributed by atoms with van der Waals surface area (Å²) in [4.78, 5) is 2.11. The van der Waals surface area contributed by atoms with Crippen LogP contribution in [0.5, 0.6) is 0 Å². The van der Waals surface area contributed by atoms with E-state index < -0.39 is 11.6 Å². The SMILES string of the molecule is CCC1(C)CN(Cc2c(F)cccc2F)CCN1. The molecule has 0 aromatic heterocycles. The third-order valence-electron chi connectivity index (χ3n) is 3.78. The van der Waals surface area contributed by atoms with Gasteiger partial charge in [-0.1, -0.05) is 13.0 Å². The van der Waals surface area contributed by atoms with Crippen LogP contribution in [0.15, 0.2) is 18.2 Å². The molecule has 1 saturated heterocycles. The Morgan fingerprint density at radius 1 is 1.33 bits per heavy atom. The first kappa shape index (κ1) is 13.4. The molecule has 1 aromatic rings. The van der Waals surface area contributed by atoms with Crippen molar-refractivity contribution in [3.05, 3.63) is 35.4 Å². The maximum absolute atomic E-state index is 13.6. The molecule has 100 valence electrons. The monoisotopic (exact) mass is 254 g/mol. The second-order valence-corrected chi connectivity index (χ2v) is 5.25. The Morgan fingerprint density at radius 3 is 2.61 bits per heavy atom. The van der Waals surface area contributed by atoms with E-state index in [1.54, 1.807) is 0 Å². The number of benzene rings is 1. The quantitative estimate of drug-likeness (QED) is 0.891. The van der Waals surface area contributed by atoms with Gasteiger partial charge in [0.2, 0.25) is 0 Å². The molecule has 1 fully saturated rings. The zero-order chi connectivity index (χ0) is 13.2. The zero-order valence-electron chi connectivity index (χ0n) is 11.0. The smallest absolute Gasteiger partial charge is 0.130 e. The van der Waals surface area contributed by atoms with Gasteiger partial charge in [-0.15, -0.1) is 0 Å². The van der Waals surface area contributed by atoms with E-state index in [1.165, 1.54) is 18.2 Å². The molecule has 0 aliphatic carbocycles. The number of hydrogen-bond donors (Lipinski definition) is 1. The van der Waals surface area contributed by atoms with Gasteiger partial charge in [0.25, 0.3) is 0 Å². The molecule has 1 N–H and O–H groups in total. The highest BCUT2D eigenvalue weighted by molar-refractivity contribution is 5.19. The molecule has 1 aromatic carbocycles. The summed E-state index contributed by atoms with van der Waals surface area (Å²) in [5.74, 6) is -0.904. The zero-order valence-corrected chi connectivity index (χ0v) is 11.0. The third-order valence-corrected chi connectivity index (χ3v) is 3.78. The van der Waals surface area contributed by atoms with Crippen molar-refractivity contribution in [2.24, 2.45) is 0 Å². The summed E-state index contributed by atoms with van der Waals surface area (Å²) >= 11 is 0. The van der Waals surface area contributed by atoms with Crippen molar-refractivity contribution in [1.29, 1.82) is 0 Å². The van der Waals surface area contributed by atoms with Crippen LogP contribution >= 0.6 is 0 Å². The number of hydrogen-bond acceptors (Lipinski definition) is 2. The largest absolute Gasteiger partial charge is 0.309 e. The highest BCUT2D eigenvalue weighted by atomic mass is 19.1. The van der Waals surface area contributed by atoms with Crippen LogP contribution < -0.4 is 5.32 Å². The van der Waals surface area contributed by atoms with Gasteiger partial charge in [-0.05, 0) is 25.5 Å². The molecular formula is C14H20F2N2. The summed E-state index contributed by atoms with van der Waals surface area (Å²) in [5.41, 5.74) is 0.220. The first-order valence-corrected chi connectivity index (χ1v) is 6.44. The van der Waals surface area contributed by atoms with Crippen molar-refractivity contribution in [2.45, 2.75) is 32.4 Å². The van der Waals surface area contributed by atoms with Crippen LogP contribution in [0.4, 0.5) is 8.78 Å². The fourth-order valence-corrected chi connectivity index (χ4v) is 2.42. The van der Waals surface area contributed by atoms with Crippen LogP contribution in [0, 0.1) is 11.6 Å². The van der Waals surface area contributed by atoms with Gasteiger partial charge in [-0.3, -0.25) is 4.90 Å². The van der Waals surface area contributed by atoms with Crippen LogP contribution in [0.1, 0.15) is 25.8 Å². The molecule has 2 nitrogen and oxygen atoms in total. The van der Waals surface area contributed by atoms with Crippen molar-refractivity contribution in [3.63, 3.8) is 0 Å². The Kier molecular flexibility index (Phi) is 3.97. The molecule has 18 heavy (non-hydrogen) atoms. The molecular weight excluding hydrogens is 234 g/mol. The molecule has 0 saturated carbocycles. The van der Waals surface area contributed by atoms with E-state index in [4.69, 9.17) is 0 Å². The first-order chi connectivity index (χ1) is 8.54. The molecule has 1 aliphatic rings. The number of nitrogens with zero attached hydrogens (tertiary/aromatic N) is 1. The predicted molar refractivity (Wildman–Crippen MR) is 68.3 cm³/mol. The summed E-state index contributed by atoms with van der Waals surface area (Å²) in [5, 5.41) is 3.46. The lowest BCUT2D eigenvalue weighted by Crippen LogP contribution is -2.58. The minimum atomic E-state index is -0.452. The van der Waals surface area contributed by atoms with Crippen LogP contribution in [0.3, 0.4) is 0 Å². The van der Waals surface area contributed by atoms with E-state index in [9.17, 15) is 8.78 Å². The molecule has 1 aliphatic heterocycles. The van der Waals surface area contributed by atoms with Gasteiger partial charge in [-0.2, -0.15) is 0 Å². The van der Waals surface area contributed by atoms with E-state index in [-0.39, 0.29) is 11.1 Å². The second-order valence-electron chi connectivity index (χ2n) is 5.25. The first-order valence-electron chi connectivity index (χ1n) is 6.44. The minimum absolute atomic E-state index is 0.0416. The number of piperazine rings is 1. The number of nitrogens with one attached hydrogen (secondary N) is 1. The number of rotatable bonds is 3. The van der Waals surface area contributed by atoms with Crippen LogP contribution in [0.2, 0.25) is 0 Å². The average Bonchev–Trinajstić information content (AvgIpc) is 2.34. The molecule has 4 heteroatoms.